The first-order chi connectivity index (χ1) is 8.99. The van der Waals surface area contributed by atoms with Crippen LogP contribution in [-0.4, -0.2) is 21.3 Å². The van der Waals surface area contributed by atoms with Gasteiger partial charge >= 0.3 is 0 Å². The molecule has 0 amide bonds. The highest BCUT2D eigenvalue weighted by molar-refractivity contribution is 7.18. The molecular weight excluding hydrogens is 260 g/mol. The van der Waals surface area contributed by atoms with Gasteiger partial charge in [-0.25, -0.2) is 0 Å². The Morgan fingerprint density at radius 2 is 2.11 bits per heavy atom. The molecule has 2 aromatic heterocycles. The number of nitrogens with one attached hydrogen (secondary N) is 1. The Morgan fingerprint density at radius 1 is 1.37 bits per heavy atom. The molecule has 2 rings (SSSR count). The molecule has 1 N–H and O–H groups in total. The summed E-state index contributed by atoms with van der Waals surface area (Å²) < 4.78 is 1.62. The highest BCUT2D eigenvalue weighted by Gasteiger charge is 2.11. The van der Waals surface area contributed by atoms with Crippen molar-refractivity contribution in [1.82, 2.24) is 14.8 Å². The molecule has 6 heteroatoms. The van der Waals surface area contributed by atoms with Gasteiger partial charge in [-0.2, -0.15) is 0 Å². The quantitative estimate of drug-likeness (QED) is 0.932. The van der Waals surface area contributed by atoms with E-state index >= 15 is 0 Å². The standard InChI is InChI=1S/C13H18N4OS/c1-8(2)7-14-13-16-15-11(19-13)10-6-5-9(3)17(4)12(10)18/h5-6,8H,7H2,1-4H3,(H,14,16). The minimum Gasteiger partial charge on any atom is -0.360 e. The van der Waals surface area contributed by atoms with Crippen LogP contribution in [0.5, 0.6) is 0 Å². The van der Waals surface area contributed by atoms with Crippen molar-refractivity contribution in [2.24, 2.45) is 13.0 Å². The van der Waals surface area contributed by atoms with Crippen LogP contribution >= 0.6 is 11.3 Å². The van der Waals surface area contributed by atoms with E-state index in [-0.39, 0.29) is 5.56 Å². The van der Waals surface area contributed by atoms with Gasteiger partial charge in [-0.1, -0.05) is 25.2 Å². The lowest BCUT2D eigenvalue weighted by molar-refractivity contribution is 0.687. The molecule has 2 heterocycles. The van der Waals surface area contributed by atoms with Crippen molar-refractivity contribution < 1.29 is 0 Å². The van der Waals surface area contributed by atoms with Gasteiger partial charge in [0.2, 0.25) is 5.13 Å². The lowest BCUT2D eigenvalue weighted by Crippen LogP contribution is -2.20. The molecule has 0 aliphatic carbocycles. The van der Waals surface area contributed by atoms with Crippen LogP contribution in [0.3, 0.4) is 0 Å². The second-order valence-corrected chi connectivity index (χ2v) is 5.92. The third-order valence-corrected chi connectivity index (χ3v) is 3.79. The maximum absolute atomic E-state index is 12.1. The van der Waals surface area contributed by atoms with Crippen LogP contribution in [0.2, 0.25) is 0 Å². The Hall–Kier alpha value is -1.69. The molecular formula is C13H18N4OS. The molecule has 102 valence electrons. The summed E-state index contributed by atoms with van der Waals surface area (Å²) in [6, 6.07) is 3.73. The zero-order valence-corrected chi connectivity index (χ0v) is 12.4. The maximum Gasteiger partial charge on any atom is 0.260 e. The highest BCUT2D eigenvalue weighted by Crippen LogP contribution is 2.24. The first-order valence-electron chi connectivity index (χ1n) is 6.23. The summed E-state index contributed by atoms with van der Waals surface area (Å²) in [6.45, 7) is 7.01. The number of aromatic nitrogens is 3. The summed E-state index contributed by atoms with van der Waals surface area (Å²) in [5.41, 5.74) is 1.49. The number of anilines is 1. The van der Waals surface area contributed by atoms with Crippen molar-refractivity contribution in [3.63, 3.8) is 0 Å². The summed E-state index contributed by atoms with van der Waals surface area (Å²) >= 11 is 1.41. The van der Waals surface area contributed by atoms with E-state index in [2.05, 4.69) is 29.4 Å². The number of rotatable bonds is 4. The summed E-state index contributed by atoms with van der Waals surface area (Å²) in [5, 5.41) is 12.8. The van der Waals surface area contributed by atoms with Crippen LogP contribution in [0, 0.1) is 12.8 Å². The maximum atomic E-state index is 12.1. The molecule has 0 atom stereocenters. The number of hydrogen-bond donors (Lipinski definition) is 1. The molecule has 0 aromatic carbocycles. The molecule has 0 saturated heterocycles. The average molecular weight is 278 g/mol. The number of aryl methyl sites for hydroxylation is 1. The number of hydrogen-bond acceptors (Lipinski definition) is 5. The van der Waals surface area contributed by atoms with Gasteiger partial charge in [0.05, 0.1) is 5.56 Å². The van der Waals surface area contributed by atoms with Gasteiger partial charge in [0, 0.05) is 19.3 Å². The van der Waals surface area contributed by atoms with E-state index in [1.807, 2.05) is 19.1 Å². The summed E-state index contributed by atoms with van der Waals surface area (Å²) in [4.78, 5) is 12.1. The zero-order valence-electron chi connectivity index (χ0n) is 11.6. The van der Waals surface area contributed by atoms with Crippen molar-refractivity contribution in [2.45, 2.75) is 20.8 Å². The van der Waals surface area contributed by atoms with Gasteiger partial charge in [-0.3, -0.25) is 4.79 Å². The van der Waals surface area contributed by atoms with Gasteiger partial charge < -0.3 is 9.88 Å². The fraction of sp³-hybridized carbons (Fsp3) is 0.462. The normalized spacial score (nSPS) is 11.0. The first kappa shape index (κ1) is 13.7. The largest absolute Gasteiger partial charge is 0.360 e. The highest BCUT2D eigenvalue weighted by atomic mass is 32.1. The Labute approximate surface area is 116 Å². The molecule has 19 heavy (non-hydrogen) atoms. The van der Waals surface area contributed by atoms with Crippen LogP contribution in [-0.2, 0) is 7.05 Å². The minimum absolute atomic E-state index is 0.0356. The van der Waals surface area contributed by atoms with Crippen molar-refractivity contribution in [3.05, 3.63) is 28.2 Å². The van der Waals surface area contributed by atoms with Crippen LogP contribution in [0.15, 0.2) is 16.9 Å². The average Bonchev–Trinajstić information content (AvgIpc) is 2.82. The Bertz CT molecular complexity index is 630. The summed E-state index contributed by atoms with van der Waals surface area (Å²) in [5.74, 6) is 0.541. The predicted molar refractivity (Wildman–Crippen MR) is 78.7 cm³/mol. The van der Waals surface area contributed by atoms with Crippen LogP contribution in [0.4, 0.5) is 5.13 Å². The third-order valence-electron chi connectivity index (χ3n) is 2.87. The minimum atomic E-state index is -0.0356. The molecule has 0 fully saturated rings. The molecule has 2 aromatic rings. The SMILES string of the molecule is Cc1ccc(-c2nnc(NCC(C)C)s2)c(=O)n1C. The molecule has 0 spiro atoms. The van der Waals surface area contributed by atoms with E-state index in [4.69, 9.17) is 0 Å². The van der Waals surface area contributed by atoms with E-state index in [0.717, 1.165) is 17.4 Å². The van der Waals surface area contributed by atoms with Gasteiger partial charge in [0.15, 0.2) is 5.01 Å². The number of nitrogens with zero attached hydrogens (tertiary/aromatic N) is 3. The fourth-order valence-corrected chi connectivity index (χ4v) is 2.35. The third kappa shape index (κ3) is 3.01. The molecule has 0 aliphatic rings. The lowest BCUT2D eigenvalue weighted by atomic mass is 10.2. The van der Waals surface area contributed by atoms with Gasteiger partial charge in [0.25, 0.3) is 5.56 Å². The van der Waals surface area contributed by atoms with E-state index in [0.29, 0.717) is 16.5 Å². The second kappa shape index (κ2) is 5.52. The van der Waals surface area contributed by atoms with Crippen LogP contribution in [0.1, 0.15) is 19.5 Å². The second-order valence-electron chi connectivity index (χ2n) is 4.94. The van der Waals surface area contributed by atoms with Crippen molar-refractivity contribution >= 4 is 16.5 Å². The predicted octanol–water partition coefficient (Wildman–Crippen LogP) is 2.28. The fourth-order valence-electron chi connectivity index (χ4n) is 1.59. The van der Waals surface area contributed by atoms with Crippen LogP contribution in [0.25, 0.3) is 10.6 Å². The summed E-state index contributed by atoms with van der Waals surface area (Å²) in [6.07, 6.45) is 0. The monoisotopic (exact) mass is 278 g/mol. The van der Waals surface area contributed by atoms with Crippen LogP contribution < -0.4 is 10.9 Å². The molecule has 0 unspecified atom stereocenters. The van der Waals surface area contributed by atoms with E-state index in [1.54, 1.807) is 11.6 Å². The first-order valence-corrected chi connectivity index (χ1v) is 7.05. The van der Waals surface area contributed by atoms with Crippen molar-refractivity contribution in [2.75, 3.05) is 11.9 Å². The molecule has 0 bridgehead atoms. The van der Waals surface area contributed by atoms with Crippen molar-refractivity contribution in [3.8, 4) is 10.6 Å². The summed E-state index contributed by atoms with van der Waals surface area (Å²) in [7, 11) is 1.76. The van der Waals surface area contributed by atoms with Gasteiger partial charge in [-0.05, 0) is 25.0 Å². The van der Waals surface area contributed by atoms with Gasteiger partial charge in [-0.15, -0.1) is 10.2 Å². The Kier molecular flexibility index (Phi) is 3.99. The lowest BCUT2D eigenvalue weighted by Gasteiger charge is -2.04. The Balaban J connectivity index is 2.28. The molecule has 5 nitrogen and oxygen atoms in total. The molecule has 0 saturated carbocycles. The molecule has 0 aliphatic heterocycles. The topological polar surface area (TPSA) is 59.8 Å². The van der Waals surface area contributed by atoms with E-state index in [9.17, 15) is 4.79 Å². The van der Waals surface area contributed by atoms with Gasteiger partial charge in [0.1, 0.15) is 0 Å². The molecule has 0 radical (unpaired) electrons. The Morgan fingerprint density at radius 3 is 2.79 bits per heavy atom. The zero-order chi connectivity index (χ0) is 14.0. The van der Waals surface area contributed by atoms with E-state index in [1.165, 1.54) is 11.3 Å². The van der Waals surface area contributed by atoms with E-state index < -0.39 is 0 Å². The number of pyridine rings is 1. The van der Waals surface area contributed by atoms with Crippen molar-refractivity contribution in [1.29, 1.82) is 0 Å². The smallest absolute Gasteiger partial charge is 0.260 e.